The number of carbonyl (C=O) groups excluding carboxylic acids is 3. The number of carbonyl (C=O) groups is 3. The van der Waals surface area contributed by atoms with Crippen molar-refractivity contribution in [1.29, 1.82) is 0 Å². The Morgan fingerprint density at radius 2 is 1.87 bits per heavy atom. The molecule has 0 N–H and O–H groups in total. The zero-order valence-electron chi connectivity index (χ0n) is 12.9. The van der Waals surface area contributed by atoms with Crippen LogP contribution in [0.15, 0.2) is 24.3 Å². The van der Waals surface area contributed by atoms with Crippen LogP contribution >= 0.6 is 0 Å². The van der Waals surface area contributed by atoms with E-state index in [1.807, 2.05) is 0 Å². The summed E-state index contributed by atoms with van der Waals surface area (Å²) in [5.41, 5.74) is 0.922. The fraction of sp³-hybridized carbons (Fsp3) is 0.438. The minimum absolute atomic E-state index is 0.0169. The SMILES string of the molecule is COC(=O)c1ccc(C(=O)N2CC[C@H](N3CCOC3=O)C2)cc1. The van der Waals surface area contributed by atoms with Crippen LogP contribution in [0, 0.1) is 0 Å². The Labute approximate surface area is 133 Å². The molecule has 0 aromatic heterocycles. The highest BCUT2D eigenvalue weighted by Crippen LogP contribution is 2.21. The molecule has 2 amide bonds. The van der Waals surface area contributed by atoms with Crippen molar-refractivity contribution in [3.8, 4) is 0 Å². The number of hydrogen-bond donors (Lipinski definition) is 0. The van der Waals surface area contributed by atoms with Crippen molar-refractivity contribution in [2.45, 2.75) is 12.5 Å². The Kier molecular flexibility index (Phi) is 4.18. The second-order valence-electron chi connectivity index (χ2n) is 5.57. The Hall–Kier alpha value is -2.57. The molecule has 2 saturated heterocycles. The van der Waals surface area contributed by atoms with Crippen molar-refractivity contribution >= 4 is 18.0 Å². The highest BCUT2D eigenvalue weighted by molar-refractivity contribution is 5.96. The molecule has 2 aliphatic rings. The molecule has 7 nitrogen and oxygen atoms in total. The zero-order chi connectivity index (χ0) is 16.4. The smallest absolute Gasteiger partial charge is 0.410 e. The molecule has 2 fully saturated rings. The van der Waals surface area contributed by atoms with Crippen molar-refractivity contribution in [3.63, 3.8) is 0 Å². The first-order chi connectivity index (χ1) is 11.1. The van der Waals surface area contributed by atoms with Crippen LogP contribution in [-0.2, 0) is 9.47 Å². The number of esters is 1. The second kappa shape index (κ2) is 6.28. The molecular weight excluding hydrogens is 300 g/mol. The molecule has 1 atom stereocenters. The predicted molar refractivity (Wildman–Crippen MR) is 80.1 cm³/mol. The van der Waals surface area contributed by atoms with Gasteiger partial charge in [-0.25, -0.2) is 9.59 Å². The highest BCUT2D eigenvalue weighted by atomic mass is 16.6. The number of nitrogens with zero attached hydrogens (tertiary/aromatic N) is 2. The number of cyclic esters (lactones) is 1. The summed E-state index contributed by atoms with van der Waals surface area (Å²) in [4.78, 5) is 38.9. The molecule has 122 valence electrons. The molecule has 0 spiro atoms. The third-order valence-corrected chi connectivity index (χ3v) is 4.24. The minimum atomic E-state index is -0.433. The fourth-order valence-electron chi connectivity index (χ4n) is 2.97. The van der Waals surface area contributed by atoms with Crippen molar-refractivity contribution in [2.75, 3.05) is 33.4 Å². The molecule has 23 heavy (non-hydrogen) atoms. The number of amides is 2. The molecule has 7 heteroatoms. The summed E-state index contributed by atoms with van der Waals surface area (Å²) in [6, 6.07) is 6.40. The lowest BCUT2D eigenvalue weighted by atomic mass is 10.1. The normalized spacial score (nSPS) is 20.6. The lowest BCUT2D eigenvalue weighted by Gasteiger charge is -2.22. The highest BCUT2D eigenvalue weighted by Gasteiger charge is 2.36. The van der Waals surface area contributed by atoms with Gasteiger partial charge in [-0.1, -0.05) is 0 Å². The average Bonchev–Trinajstić information content (AvgIpc) is 3.22. The monoisotopic (exact) mass is 318 g/mol. The maximum absolute atomic E-state index is 12.5. The number of hydrogen-bond acceptors (Lipinski definition) is 5. The molecule has 2 heterocycles. The minimum Gasteiger partial charge on any atom is -0.465 e. The summed E-state index contributed by atoms with van der Waals surface area (Å²) >= 11 is 0. The van der Waals surface area contributed by atoms with Crippen molar-refractivity contribution in [3.05, 3.63) is 35.4 Å². The van der Waals surface area contributed by atoms with E-state index in [0.29, 0.717) is 37.4 Å². The van der Waals surface area contributed by atoms with Crippen LogP contribution < -0.4 is 0 Å². The number of methoxy groups -OCH3 is 1. The first-order valence-corrected chi connectivity index (χ1v) is 7.51. The van der Waals surface area contributed by atoms with Crippen LogP contribution in [-0.4, -0.2) is 67.2 Å². The van der Waals surface area contributed by atoms with E-state index >= 15 is 0 Å². The van der Waals surface area contributed by atoms with Crippen LogP contribution in [0.5, 0.6) is 0 Å². The van der Waals surface area contributed by atoms with Crippen LogP contribution in [0.2, 0.25) is 0 Å². The topological polar surface area (TPSA) is 76.2 Å². The molecule has 0 saturated carbocycles. The van der Waals surface area contributed by atoms with Crippen LogP contribution in [0.3, 0.4) is 0 Å². The Bertz CT molecular complexity index is 628. The van der Waals surface area contributed by atoms with E-state index in [4.69, 9.17) is 4.74 Å². The van der Waals surface area contributed by atoms with Gasteiger partial charge in [0.1, 0.15) is 6.61 Å². The molecule has 0 unspecified atom stereocenters. The van der Waals surface area contributed by atoms with Gasteiger partial charge in [0.25, 0.3) is 5.91 Å². The Balaban J connectivity index is 1.64. The summed E-state index contributed by atoms with van der Waals surface area (Å²) in [5, 5.41) is 0. The van der Waals surface area contributed by atoms with E-state index in [2.05, 4.69) is 4.74 Å². The largest absolute Gasteiger partial charge is 0.465 e. The number of ether oxygens (including phenoxy) is 2. The fourth-order valence-corrected chi connectivity index (χ4v) is 2.97. The standard InChI is InChI=1S/C16H18N2O5/c1-22-15(20)12-4-2-11(3-5-12)14(19)17-7-6-13(10-17)18-8-9-23-16(18)21/h2-5,13H,6-10H2,1H3/t13-/m0/s1. The maximum Gasteiger partial charge on any atom is 0.410 e. The third kappa shape index (κ3) is 2.99. The first kappa shape index (κ1) is 15.3. The second-order valence-corrected chi connectivity index (χ2v) is 5.57. The van der Waals surface area contributed by atoms with E-state index in [9.17, 15) is 14.4 Å². The van der Waals surface area contributed by atoms with Gasteiger partial charge >= 0.3 is 12.1 Å². The zero-order valence-corrected chi connectivity index (χ0v) is 12.9. The molecule has 2 aliphatic heterocycles. The molecule has 0 bridgehead atoms. The number of benzene rings is 1. The predicted octanol–water partition coefficient (Wildman–Crippen LogP) is 1.14. The maximum atomic E-state index is 12.5. The Morgan fingerprint density at radius 1 is 1.17 bits per heavy atom. The summed E-state index contributed by atoms with van der Waals surface area (Å²) in [5.74, 6) is -0.533. The van der Waals surface area contributed by atoms with Crippen LogP contribution in [0.1, 0.15) is 27.1 Å². The van der Waals surface area contributed by atoms with Gasteiger partial charge < -0.3 is 14.4 Å². The van der Waals surface area contributed by atoms with E-state index in [0.717, 1.165) is 6.42 Å². The summed E-state index contributed by atoms with van der Waals surface area (Å²) in [6.45, 7) is 2.11. The van der Waals surface area contributed by atoms with Crippen molar-refractivity contribution in [1.82, 2.24) is 9.80 Å². The van der Waals surface area contributed by atoms with Gasteiger partial charge in [0.2, 0.25) is 0 Å². The van der Waals surface area contributed by atoms with Crippen LogP contribution in [0.4, 0.5) is 4.79 Å². The van der Waals surface area contributed by atoms with Crippen LogP contribution in [0.25, 0.3) is 0 Å². The third-order valence-electron chi connectivity index (χ3n) is 4.24. The number of rotatable bonds is 3. The van der Waals surface area contributed by atoms with E-state index in [1.165, 1.54) is 7.11 Å². The summed E-state index contributed by atoms with van der Waals surface area (Å²) in [7, 11) is 1.31. The van der Waals surface area contributed by atoms with E-state index in [-0.39, 0.29) is 18.0 Å². The molecular formula is C16H18N2O5. The molecule has 0 radical (unpaired) electrons. The van der Waals surface area contributed by atoms with E-state index in [1.54, 1.807) is 34.1 Å². The molecule has 3 rings (SSSR count). The van der Waals surface area contributed by atoms with Crippen molar-refractivity contribution < 1.29 is 23.9 Å². The van der Waals surface area contributed by atoms with Gasteiger partial charge in [-0.05, 0) is 30.7 Å². The molecule has 0 aliphatic carbocycles. The summed E-state index contributed by atoms with van der Waals surface area (Å²) < 4.78 is 9.58. The lowest BCUT2D eigenvalue weighted by Crippen LogP contribution is -2.39. The molecule has 1 aromatic rings. The van der Waals surface area contributed by atoms with Gasteiger partial charge in [0.15, 0.2) is 0 Å². The van der Waals surface area contributed by atoms with Gasteiger partial charge in [-0.3, -0.25) is 9.69 Å². The average molecular weight is 318 g/mol. The van der Waals surface area contributed by atoms with Gasteiger partial charge in [0.05, 0.1) is 25.3 Å². The molecule has 1 aromatic carbocycles. The van der Waals surface area contributed by atoms with Gasteiger partial charge in [-0.2, -0.15) is 0 Å². The number of likely N-dealkylation sites (tertiary alicyclic amines) is 1. The quantitative estimate of drug-likeness (QED) is 0.781. The van der Waals surface area contributed by atoms with E-state index < -0.39 is 5.97 Å². The van der Waals surface area contributed by atoms with Gasteiger partial charge in [0, 0.05) is 18.7 Å². The summed E-state index contributed by atoms with van der Waals surface area (Å²) in [6.07, 6.45) is 0.452. The van der Waals surface area contributed by atoms with Gasteiger partial charge in [-0.15, -0.1) is 0 Å². The van der Waals surface area contributed by atoms with Crippen molar-refractivity contribution in [2.24, 2.45) is 0 Å². The first-order valence-electron chi connectivity index (χ1n) is 7.51. The lowest BCUT2D eigenvalue weighted by molar-refractivity contribution is 0.0600. The Morgan fingerprint density at radius 3 is 2.48 bits per heavy atom.